The Labute approximate surface area is 146 Å². The lowest BCUT2D eigenvalue weighted by atomic mass is 9.80. The van der Waals surface area contributed by atoms with Crippen LogP contribution in [0, 0.1) is 22.7 Å². The van der Waals surface area contributed by atoms with Crippen molar-refractivity contribution >= 4 is 17.7 Å². The first-order valence-corrected chi connectivity index (χ1v) is 9.03. The number of nitrogens with one attached hydrogen (secondary N) is 1. The summed E-state index contributed by atoms with van der Waals surface area (Å²) < 4.78 is 40.8. The van der Waals surface area contributed by atoms with Crippen molar-refractivity contribution in [2.45, 2.75) is 30.5 Å². The molecular weight excluding hydrogens is 355 g/mol. The van der Waals surface area contributed by atoms with E-state index in [1.165, 1.54) is 6.07 Å². The average Bonchev–Trinajstić information content (AvgIpc) is 3.11. The van der Waals surface area contributed by atoms with Gasteiger partial charge in [0.05, 0.1) is 16.0 Å². The first-order chi connectivity index (χ1) is 11.7. The first kappa shape index (κ1) is 17.9. The molecule has 1 aromatic rings. The summed E-state index contributed by atoms with van der Waals surface area (Å²) in [6.45, 7) is -0.435. The fourth-order valence-corrected chi connectivity index (χ4v) is 4.51. The van der Waals surface area contributed by atoms with Crippen LogP contribution in [-0.4, -0.2) is 41.3 Å². The van der Waals surface area contributed by atoms with E-state index in [4.69, 9.17) is 5.26 Å². The number of alkyl halides is 3. The zero-order chi connectivity index (χ0) is 18.4. The Kier molecular flexibility index (Phi) is 4.35. The molecule has 2 fully saturated rings. The number of pyridine rings is 1. The number of thioether (sulfide) groups is 1. The van der Waals surface area contributed by atoms with E-state index in [-0.39, 0.29) is 24.1 Å². The van der Waals surface area contributed by atoms with E-state index in [0.717, 1.165) is 16.7 Å². The smallest absolute Gasteiger partial charge is 0.337 e. The number of rotatable bonds is 2. The molecule has 2 heterocycles. The molecule has 2 atom stereocenters. The maximum atomic E-state index is 13.6. The van der Waals surface area contributed by atoms with Crippen LogP contribution < -0.4 is 5.56 Å². The van der Waals surface area contributed by atoms with Gasteiger partial charge in [0.25, 0.3) is 11.5 Å². The Hall–Kier alpha value is -1.95. The van der Waals surface area contributed by atoms with Gasteiger partial charge in [0, 0.05) is 13.1 Å². The van der Waals surface area contributed by atoms with Gasteiger partial charge < -0.3 is 9.88 Å². The number of hydrogen-bond acceptors (Lipinski definition) is 4. The van der Waals surface area contributed by atoms with Gasteiger partial charge in [0.1, 0.15) is 11.6 Å². The summed E-state index contributed by atoms with van der Waals surface area (Å²) in [7, 11) is 0. The summed E-state index contributed by atoms with van der Waals surface area (Å²) in [5.74, 6) is -1.38. The molecule has 0 radical (unpaired) electrons. The standard InChI is InChI=1S/C16H16F3N3O2S/c1-25-13-9(6-20)5-11(12(23)21-13)14(24)22-7-10-3-2-4-15(10,8-22)16(17,18)19/h5,10H,2-4,7-8H2,1H3,(H,21,23)/t10-,15-/m0/s1. The van der Waals surface area contributed by atoms with Gasteiger partial charge in [-0.15, -0.1) is 11.8 Å². The summed E-state index contributed by atoms with van der Waals surface area (Å²) in [6, 6.07) is 3.06. The number of aromatic amines is 1. The molecule has 5 nitrogen and oxygen atoms in total. The van der Waals surface area contributed by atoms with Gasteiger partial charge in [-0.3, -0.25) is 9.59 Å². The number of nitriles is 1. The lowest BCUT2D eigenvalue weighted by molar-refractivity contribution is -0.226. The molecule has 0 aromatic carbocycles. The summed E-state index contributed by atoms with van der Waals surface area (Å²) in [4.78, 5) is 28.4. The van der Waals surface area contributed by atoms with Crippen LogP contribution in [0.15, 0.2) is 15.9 Å². The van der Waals surface area contributed by atoms with Crippen LogP contribution in [-0.2, 0) is 0 Å². The van der Waals surface area contributed by atoms with E-state index in [2.05, 4.69) is 4.98 Å². The number of carbonyl (C=O) groups is 1. The van der Waals surface area contributed by atoms with Crippen LogP contribution in [0.1, 0.15) is 35.2 Å². The average molecular weight is 371 g/mol. The van der Waals surface area contributed by atoms with Crippen LogP contribution in [0.3, 0.4) is 0 Å². The summed E-state index contributed by atoms with van der Waals surface area (Å²) in [5, 5.41) is 9.46. The zero-order valence-corrected chi connectivity index (χ0v) is 14.3. The Morgan fingerprint density at radius 3 is 2.80 bits per heavy atom. The second-order valence-corrected chi connectivity index (χ2v) is 7.32. The third kappa shape index (κ3) is 2.72. The monoisotopic (exact) mass is 371 g/mol. The van der Waals surface area contributed by atoms with Gasteiger partial charge in [-0.25, -0.2) is 0 Å². The van der Waals surface area contributed by atoms with Gasteiger partial charge in [-0.2, -0.15) is 18.4 Å². The van der Waals surface area contributed by atoms with E-state index >= 15 is 0 Å². The number of aromatic nitrogens is 1. The van der Waals surface area contributed by atoms with Gasteiger partial charge in [0.15, 0.2) is 0 Å². The maximum Gasteiger partial charge on any atom is 0.396 e. The van der Waals surface area contributed by atoms with Crippen molar-refractivity contribution in [3.8, 4) is 6.07 Å². The second kappa shape index (κ2) is 6.09. The number of amides is 1. The molecule has 1 saturated heterocycles. The Morgan fingerprint density at radius 1 is 1.52 bits per heavy atom. The molecule has 2 aliphatic rings. The molecule has 134 valence electrons. The number of H-pyrrole nitrogens is 1. The molecule has 1 aromatic heterocycles. The minimum atomic E-state index is -4.38. The number of hydrogen-bond donors (Lipinski definition) is 1. The number of fused-ring (bicyclic) bond motifs is 1. The Morgan fingerprint density at radius 2 is 2.24 bits per heavy atom. The van der Waals surface area contributed by atoms with Crippen LogP contribution in [0.4, 0.5) is 13.2 Å². The molecule has 1 aliphatic carbocycles. The van der Waals surface area contributed by atoms with E-state index in [9.17, 15) is 22.8 Å². The number of carbonyl (C=O) groups excluding carboxylic acids is 1. The third-order valence-electron chi connectivity index (χ3n) is 5.28. The van der Waals surface area contributed by atoms with Gasteiger partial charge in [0.2, 0.25) is 0 Å². The molecule has 1 N–H and O–H groups in total. The van der Waals surface area contributed by atoms with E-state index < -0.39 is 35.5 Å². The Bertz CT molecular complexity index is 814. The number of nitrogens with zero attached hydrogens (tertiary/aromatic N) is 2. The predicted octanol–water partition coefficient (Wildman–Crippen LogP) is 2.77. The van der Waals surface area contributed by atoms with Crippen LogP contribution in [0.25, 0.3) is 0 Å². The molecule has 3 rings (SSSR count). The van der Waals surface area contributed by atoms with Gasteiger partial charge >= 0.3 is 6.18 Å². The van der Waals surface area contributed by atoms with Gasteiger partial charge in [-0.05, 0) is 31.1 Å². The highest BCUT2D eigenvalue weighted by molar-refractivity contribution is 7.98. The van der Waals surface area contributed by atoms with Crippen molar-refractivity contribution in [2.24, 2.45) is 11.3 Å². The summed E-state index contributed by atoms with van der Waals surface area (Å²) in [5.41, 5.74) is -2.72. The molecule has 1 saturated carbocycles. The van der Waals surface area contributed by atoms with Crippen molar-refractivity contribution in [2.75, 3.05) is 19.3 Å². The molecule has 9 heteroatoms. The first-order valence-electron chi connectivity index (χ1n) is 7.81. The maximum absolute atomic E-state index is 13.6. The highest BCUT2D eigenvalue weighted by Gasteiger charge is 2.65. The van der Waals surface area contributed by atoms with Crippen molar-refractivity contribution < 1.29 is 18.0 Å². The highest BCUT2D eigenvalue weighted by atomic mass is 32.2. The predicted molar refractivity (Wildman–Crippen MR) is 85.3 cm³/mol. The zero-order valence-electron chi connectivity index (χ0n) is 13.4. The molecule has 0 spiro atoms. The molecule has 0 bridgehead atoms. The van der Waals surface area contributed by atoms with Crippen molar-refractivity contribution in [3.05, 3.63) is 27.5 Å². The quantitative estimate of drug-likeness (QED) is 0.811. The number of halogens is 3. The Balaban J connectivity index is 1.94. The summed E-state index contributed by atoms with van der Waals surface area (Å²) >= 11 is 1.15. The van der Waals surface area contributed by atoms with Crippen LogP contribution in [0.2, 0.25) is 0 Å². The number of likely N-dealkylation sites (tertiary alicyclic amines) is 1. The fraction of sp³-hybridized carbons (Fsp3) is 0.562. The lowest BCUT2D eigenvalue weighted by Gasteiger charge is -2.31. The summed E-state index contributed by atoms with van der Waals surface area (Å²) in [6.07, 6.45) is -1.78. The minimum Gasteiger partial charge on any atom is -0.337 e. The second-order valence-electron chi connectivity index (χ2n) is 6.50. The largest absolute Gasteiger partial charge is 0.396 e. The minimum absolute atomic E-state index is 0.00997. The lowest BCUT2D eigenvalue weighted by Crippen LogP contribution is -2.43. The molecule has 1 amide bonds. The molecule has 1 aliphatic heterocycles. The van der Waals surface area contributed by atoms with E-state index in [1.807, 2.05) is 6.07 Å². The normalized spacial score (nSPS) is 25.7. The van der Waals surface area contributed by atoms with Crippen molar-refractivity contribution in [3.63, 3.8) is 0 Å². The van der Waals surface area contributed by atoms with E-state index in [0.29, 0.717) is 17.9 Å². The molecule has 25 heavy (non-hydrogen) atoms. The van der Waals surface area contributed by atoms with Gasteiger partial charge in [-0.1, -0.05) is 6.42 Å². The third-order valence-corrected chi connectivity index (χ3v) is 6.01. The molecule has 0 unspecified atom stereocenters. The fourth-order valence-electron chi connectivity index (χ4n) is 3.99. The topological polar surface area (TPSA) is 77.0 Å². The van der Waals surface area contributed by atoms with Crippen LogP contribution >= 0.6 is 11.8 Å². The highest BCUT2D eigenvalue weighted by Crippen LogP contribution is 2.57. The van der Waals surface area contributed by atoms with Crippen LogP contribution in [0.5, 0.6) is 0 Å². The SMILES string of the molecule is CSc1[nH]c(=O)c(C(=O)N2C[C@@H]3CCC[C@]3(C(F)(F)F)C2)cc1C#N. The van der Waals surface area contributed by atoms with E-state index in [1.54, 1.807) is 6.26 Å². The van der Waals surface area contributed by atoms with Crippen molar-refractivity contribution in [1.29, 1.82) is 5.26 Å². The van der Waals surface area contributed by atoms with Crippen molar-refractivity contribution in [1.82, 2.24) is 9.88 Å². The molecular formula is C16H16F3N3O2S.